The van der Waals surface area contributed by atoms with Gasteiger partial charge in [-0.1, -0.05) is 12.1 Å². The largest absolute Gasteiger partial charge is 0.478 e. The summed E-state index contributed by atoms with van der Waals surface area (Å²) in [4.78, 5) is 27.8. The molecule has 11 N–H and O–H groups in total. The lowest BCUT2D eigenvalue weighted by molar-refractivity contribution is -0.113. The number of aliphatic hydroxyl groups is 5. The van der Waals surface area contributed by atoms with E-state index in [1.807, 2.05) is 0 Å². The van der Waals surface area contributed by atoms with Gasteiger partial charge in [-0.2, -0.15) is 0 Å². The number of carboxylic acid groups (broad SMARTS) is 1. The lowest BCUT2D eigenvalue weighted by Gasteiger charge is -2.25. The van der Waals surface area contributed by atoms with E-state index in [1.54, 1.807) is 0 Å². The van der Waals surface area contributed by atoms with Crippen LogP contribution in [-0.2, 0) is 0 Å². The van der Waals surface area contributed by atoms with Crippen molar-refractivity contribution in [1.29, 1.82) is 0 Å². The summed E-state index contributed by atoms with van der Waals surface area (Å²) in [6.07, 6.45) is -6.87. The van der Waals surface area contributed by atoms with Crippen LogP contribution in [0.25, 0.3) is 11.1 Å². The number of carbonyl (C=O) groups is 2. The van der Waals surface area contributed by atoms with E-state index < -0.39 is 49.4 Å². The molecule has 0 bridgehead atoms. The average molecular weight is 462 g/mol. The van der Waals surface area contributed by atoms with Crippen LogP contribution in [0.2, 0.25) is 0 Å². The number of aliphatic hydroxyl groups excluding tert-OH is 5. The Morgan fingerprint density at radius 3 is 2.09 bits per heavy atom. The van der Waals surface area contributed by atoms with Gasteiger partial charge >= 0.3 is 5.97 Å². The lowest BCUT2D eigenvalue weighted by atomic mass is 9.97. The zero-order valence-electron chi connectivity index (χ0n) is 17.4. The van der Waals surface area contributed by atoms with Crippen molar-refractivity contribution in [3.63, 3.8) is 0 Å². The summed E-state index contributed by atoms with van der Waals surface area (Å²) in [5.74, 6) is -1.97. The van der Waals surface area contributed by atoms with Gasteiger partial charge in [0.15, 0.2) is 5.96 Å². The van der Waals surface area contributed by atoms with Crippen LogP contribution in [0.15, 0.2) is 47.5 Å². The van der Waals surface area contributed by atoms with Crippen LogP contribution in [0.1, 0.15) is 20.7 Å². The predicted octanol–water partition coefficient (Wildman–Crippen LogP) is -1.88. The molecule has 33 heavy (non-hydrogen) atoms. The molecule has 0 aliphatic heterocycles. The molecule has 2 rings (SSSR count). The summed E-state index contributed by atoms with van der Waals surface area (Å²) in [6, 6.07) is 10.2. The molecular formula is C21H26N4O8. The highest BCUT2D eigenvalue weighted by molar-refractivity contribution is 5.98. The Morgan fingerprint density at radius 2 is 1.55 bits per heavy atom. The monoisotopic (exact) mass is 462 g/mol. The summed E-state index contributed by atoms with van der Waals surface area (Å²) in [6.45, 7) is -1.26. The first-order chi connectivity index (χ1) is 15.5. The van der Waals surface area contributed by atoms with Crippen LogP contribution in [0.3, 0.4) is 0 Å². The smallest absolute Gasteiger partial charge is 0.336 e. The fourth-order valence-corrected chi connectivity index (χ4v) is 2.96. The Balaban J connectivity index is 2.14. The van der Waals surface area contributed by atoms with Crippen molar-refractivity contribution in [1.82, 2.24) is 5.32 Å². The second kappa shape index (κ2) is 11.4. The highest BCUT2D eigenvalue weighted by atomic mass is 16.4. The fraction of sp³-hybridized carbons (Fsp3) is 0.286. The number of amides is 1. The van der Waals surface area contributed by atoms with Crippen molar-refractivity contribution >= 4 is 23.5 Å². The van der Waals surface area contributed by atoms with E-state index in [2.05, 4.69) is 10.3 Å². The van der Waals surface area contributed by atoms with Crippen molar-refractivity contribution in [2.24, 2.45) is 16.5 Å². The van der Waals surface area contributed by atoms with Gasteiger partial charge in [-0.3, -0.25) is 4.79 Å². The number of carboxylic acids is 1. The molecule has 0 spiro atoms. The molecule has 1 amide bonds. The van der Waals surface area contributed by atoms with Crippen molar-refractivity contribution in [3.8, 4) is 11.1 Å². The Labute approximate surface area is 188 Å². The van der Waals surface area contributed by atoms with Crippen LogP contribution in [0.4, 0.5) is 5.69 Å². The molecular weight excluding hydrogens is 436 g/mol. The van der Waals surface area contributed by atoms with Gasteiger partial charge in [0.25, 0.3) is 5.91 Å². The number of nitrogens with one attached hydrogen (secondary N) is 1. The number of aromatic carboxylic acids is 1. The molecule has 0 aliphatic carbocycles. The van der Waals surface area contributed by atoms with E-state index in [-0.39, 0.29) is 17.1 Å². The Kier molecular flexibility index (Phi) is 8.85. The number of nitrogens with zero attached hydrogens (tertiary/aromatic N) is 1. The summed E-state index contributed by atoms with van der Waals surface area (Å²) < 4.78 is 0. The summed E-state index contributed by atoms with van der Waals surface area (Å²) >= 11 is 0. The molecule has 2 aromatic carbocycles. The molecule has 12 nitrogen and oxygen atoms in total. The molecule has 0 aliphatic rings. The number of carbonyl (C=O) groups excluding carboxylic acids is 1. The Bertz CT molecular complexity index is 1010. The predicted molar refractivity (Wildman–Crippen MR) is 118 cm³/mol. The molecule has 12 heteroatoms. The van der Waals surface area contributed by atoms with Crippen LogP contribution in [0, 0.1) is 0 Å². The van der Waals surface area contributed by atoms with Crippen LogP contribution < -0.4 is 16.8 Å². The third-order valence-corrected chi connectivity index (χ3v) is 4.75. The van der Waals surface area contributed by atoms with Gasteiger partial charge in [-0.05, 0) is 41.5 Å². The van der Waals surface area contributed by atoms with Crippen molar-refractivity contribution in [2.75, 3.05) is 13.2 Å². The molecule has 0 saturated heterocycles. The maximum Gasteiger partial charge on any atom is 0.336 e. The maximum atomic E-state index is 12.3. The fourth-order valence-electron chi connectivity index (χ4n) is 2.96. The van der Waals surface area contributed by atoms with E-state index in [9.17, 15) is 35.1 Å². The van der Waals surface area contributed by atoms with E-state index in [0.29, 0.717) is 16.8 Å². The van der Waals surface area contributed by atoms with E-state index in [4.69, 9.17) is 16.6 Å². The van der Waals surface area contributed by atoms with Crippen molar-refractivity contribution < 1.29 is 40.2 Å². The van der Waals surface area contributed by atoms with E-state index >= 15 is 0 Å². The van der Waals surface area contributed by atoms with Crippen LogP contribution >= 0.6 is 0 Å². The van der Waals surface area contributed by atoms with Gasteiger partial charge in [0.2, 0.25) is 0 Å². The molecule has 0 saturated carbocycles. The molecule has 0 aromatic heterocycles. The molecule has 0 heterocycles. The number of hydrogen-bond acceptors (Lipinski definition) is 8. The standard InChI is InChI=1S/C21H26N4O8/c22-21(23)25-12-5-6-13(20(32)33)14(7-12)10-1-3-11(4-2-10)19(31)24-8-15(27)17(29)18(30)16(28)9-26/h1-7,15-18,26-30H,8-9H2,(H,24,31)(H,32,33)(H4,22,23,25)/t15-,16+,17+,18+/m0/s1. The first kappa shape index (κ1) is 25.7. The molecule has 178 valence electrons. The second-order valence-electron chi connectivity index (χ2n) is 7.16. The molecule has 4 atom stereocenters. The first-order valence-electron chi connectivity index (χ1n) is 9.73. The minimum Gasteiger partial charge on any atom is -0.478 e. The van der Waals surface area contributed by atoms with Crippen molar-refractivity contribution in [2.45, 2.75) is 24.4 Å². The van der Waals surface area contributed by atoms with E-state index in [0.717, 1.165) is 0 Å². The molecule has 0 radical (unpaired) electrons. The van der Waals surface area contributed by atoms with Gasteiger partial charge < -0.3 is 47.4 Å². The van der Waals surface area contributed by atoms with Crippen molar-refractivity contribution in [3.05, 3.63) is 53.6 Å². The first-order valence-corrected chi connectivity index (χ1v) is 9.73. The number of rotatable bonds is 10. The maximum absolute atomic E-state index is 12.3. The zero-order chi connectivity index (χ0) is 24.7. The number of guanidine groups is 1. The SMILES string of the molecule is NC(N)=Nc1ccc(C(=O)O)c(-c2ccc(C(=O)NC[C@H](O)[C@@H](O)[C@H](O)[C@H](O)CO)cc2)c1. The molecule has 0 fully saturated rings. The van der Waals surface area contributed by atoms with Gasteiger partial charge in [0, 0.05) is 12.1 Å². The highest BCUT2D eigenvalue weighted by Crippen LogP contribution is 2.29. The normalized spacial score (nSPS) is 14.6. The minimum absolute atomic E-state index is 0.00230. The lowest BCUT2D eigenvalue weighted by Crippen LogP contribution is -2.49. The number of aliphatic imine (C=N–C) groups is 1. The quantitative estimate of drug-likeness (QED) is 0.141. The van der Waals surface area contributed by atoms with Crippen LogP contribution in [0.5, 0.6) is 0 Å². The number of nitrogens with two attached hydrogens (primary N) is 2. The average Bonchev–Trinajstić information content (AvgIpc) is 2.80. The van der Waals surface area contributed by atoms with Gasteiger partial charge in [-0.15, -0.1) is 0 Å². The minimum atomic E-state index is -1.81. The Hall–Kier alpha value is -3.55. The third kappa shape index (κ3) is 6.71. The van der Waals surface area contributed by atoms with E-state index in [1.165, 1.54) is 42.5 Å². The van der Waals surface area contributed by atoms with Crippen LogP contribution in [-0.4, -0.2) is 86.0 Å². The summed E-state index contributed by atoms with van der Waals surface area (Å²) in [7, 11) is 0. The number of benzene rings is 2. The number of hydrogen-bond donors (Lipinski definition) is 9. The summed E-state index contributed by atoms with van der Waals surface area (Å²) in [5, 5.41) is 59.2. The van der Waals surface area contributed by atoms with Gasteiger partial charge in [0.05, 0.1) is 24.0 Å². The zero-order valence-corrected chi connectivity index (χ0v) is 17.4. The second-order valence-corrected chi connectivity index (χ2v) is 7.16. The molecule has 2 aromatic rings. The topological polar surface area (TPSA) is 232 Å². The highest BCUT2D eigenvalue weighted by Gasteiger charge is 2.30. The molecule has 0 unspecified atom stereocenters. The van der Waals surface area contributed by atoms with Gasteiger partial charge in [0.1, 0.15) is 18.3 Å². The third-order valence-electron chi connectivity index (χ3n) is 4.75. The Morgan fingerprint density at radius 1 is 0.939 bits per heavy atom. The summed E-state index contributed by atoms with van der Waals surface area (Å²) in [5.41, 5.74) is 12.1. The van der Waals surface area contributed by atoms with Gasteiger partial charge in [-0.25, -0.2) is 9.79 Å².